The molecule has 5 nitrogen and oxygen atoms in total. The van der Waals surface area contributed by atoms with Gasteiger partial charge in [-0.15, -0.1) is 0 Å². The number of nitrogens with zero attached hydrogens (tertiary/aromatic N) is 1. The van der Waals surface area contributed by atoms with Gasteiger partial charge in [-0.3, -0.25) is 0 Å². The minimum atomic E-state index is -3.12. The summed E-state index contributed by atoms with van der Waals surface area (Å²) in [6.07, 6.45) is 3.86. The Kier molecular flexibility index (Phi) is 6.44. The van der Waals surface area contributed by atoms with Gasteiger partial charge >= 0.3 is 0 Å². The van der Waals surface area contributed by atoms with Crippen LogP contribution in [-0.2, 0) is 10.0 Å². The number of hydrogen-bond acceptors (Lipinski definition) is 4. The number of halogens is 1. The highest BCUT2D eigenvalue weighted by atomic mass is 32.2. The Morgan fingerprint density at radius 3 is 2.52 bits per heavy atom. The van der Waals surface area contributed by atoms with Gasteiger partial charge in [-0.2, -0.15) is 0 Å². The molecule has 0 atom stereocenters. The lowest BCUT2D eigenvalue weighted by atomic mass is 9.86. The van der Waals surface area contributed by atoms with Crippen molar-refractivity contribution in [3.8, 4) is 11.3 Å². The maximum absolute atomic E-state index is 14.0. The molecule has 1 aromatic carbocycles. The molecule has 1 aliphatic carbocycles. The van der Waals surface area contributed by atoms with E-state index in [1.165, 1.54) is 6.07 Å². The molecule has 1 heterocycles. The van der Waals surface area contributed by atoms with Gasteiger partial charge in [0.1, 0.15) is 11.6 Å². The average molecular weight is 392 g/mol. The van der Waals surface area contributed by atoms with E-state index in [0.29, 0.717) is 29.8 Å². The average Bonchev–Trinajstić information content (AvgIpc) is 2.68. The van der Waals surface area contributed by atoms with Crippen LogP contribution in [0.15, 0.2) is 42.5 Å². The van der Waals surface area contributed by atoms with E-state index >= 15 is 0 Å². The highest BCUT2D eigenvalue weighted by molar-refractivity contribution is 7.89. The summed E-state index contributed by atoms with van der Waals surface area (Å²) in [4.78, 5) is 4.55. The van der Waals surface area contributed by atoms with E-state index in [1.54, 1.807) is 31.2 Å². The van der Waals surface area contributed by atoms with Gasteiger partial charge in [0.15, 0.2) is 0 Å². The second kappa shape index (κ2) is 8.80. The van der Waals surface area contributed by atoms with Crippen molar-refractivity contribution >= 4 is 15.8 Å². The third kappa shape index (κ3) is 5.49. The molecule has 1 saturated carbocycles. The number of rotatable bonds is 7. The second-order valence-electron chi connectivity index (χ2n) is 7.00. The number of pyridine rings is 1. The van der Waals surface area contributed by atoms with Crippen molar-refractivity contribution in [2.24, 2.45) is 5.92 Å². The van der Waals surface area contributed by atoms with E-state index in [4.69, 9.17) is 0 Å². The summed E-state index contributed by atoms with van der Waals surface area (Å²) in [7, 11) is -3.12. The smallest absolute Gasteiger partial charge is 0.211 e. The number of hydrogen-bond donors (Lipinski definition) is 2. The largest absolute Gasteiger partial charge is 0.367 e. The number of benzene rings is 1. The maximum atomic E-state index is 14.0. The van der Waals surface area contributed by atoms with Crippen molar-refractivity contribution in [3.05, 3.63) is 48.3 Å². The molecule has 2 aromatic rings. The van der Waals surface area contributed by atoms with Crippen LogP contribution in [0.5, 0.6) is 0 Å². The maximum Gasteiger partial charge on any atom is 0.211 e. The summed E-state index contributed by atoms with van der Waals surface area (Å²) < 4.78 is 39.8. The van der Waals surface area contributed by atoms with Crippen LogP contribution >= 0.6 is 0 Å². The fourth-order valence-electron chi connectivity index (χ4n) is 3.40. The minimum Gasteiger partial charge on any atom is -0.367 e. The van der Waals surface area contributed by atoms with E-state index in [-0.39, 0.29) is 11.6 Å². The summed E-state index contributed by atoms with van der Waals surface area (Å²) in [6, 6.07) is 12.5. The molecular formula is C20H26FN3O2S. The SMILES string of the molecule is CCS(=O)(=O)NC[C@H]1CC[C@H](Nc2cccc(-c3ccccc3F)n2)CC1. The zero-order valence-corrected chi connectivity index (χ0v) is 16.3. The zero-order chi connectivity index (χ0) is 19.3. The molecule has 0 unspecified atom stereocenters. The predicted octanol–water partition coefficient (Wildman–Crippen LogP) is 3.80. The van der Waals surface area contributed by atoms with Crippen LogP contribution < -0.4 is 10.0 Å². The Morgan fingerprint density at radius 1 is 1.07 bits per heavy atom. The van der Waals surface area contributed by atoms with E-state index in [1.807, 2.05) is 12.1 Å². The van der Waals surface area contributed by atoms with Gasteiger partial charge < -0.3 is 5.32 Å². The molecule has 1 aromatic heterocycles. The van der Waals surface area contributed by atoms with Gasteiger partial charge in [-0.1, -0.05) is 18.2 Å². The molecule has 7 heteroatoms. The van der Waals surface area contributed by atoms with Crippen molar-refractivity contribution in [1.82, 2.24) is 9.71 Å². The number of anilines is 1. The standard InChI is InChI=1S/C20H26FN3O2S/c1-2-27(25,26)22-14-15-10-12-16(13-11-15)23-20-9-5-8-19(24-20)17-6-3-4-7-18(17)21/h3-9,15-16,22H,2,10-14H2,1H3,(H,23,24)/t15-,16-. The molecule has 0 spiro atoms. The third-order valence-corrected chi connectivity index (χ3v) is 6.44. The van der Waals surface area contributed by atoms with Gasteiger partial charge in [0.2, 0.25) is 10.0 Å². The van der Waals surface area contributed by atoms with Crippen molar-refractivity contribution in [3.63, 3.8) is 0 Å². The van der Waals surface area contributed by atoms with Crippen LogP contribution in [0.2, 0.25) is 0 Å². The Labute approximate surface area is 160 Å². The number of sulfonamides is 1. The first-order chi connectivity index (χ1) is 13.0. The van der Waals surface area contributed by atoms with Gasteiger partial charge in [-0.05, 0) is 62.8 Å². The topological polar surface area (TPSA) is 71.1 Å². The predicted molar refractivity (Wildman–Crippen MR) is 106 cm³/mol. The third-order valence-electron chi connectivity index (χ3n) is 5.07. The zero-order valence-electron chi connectivity index (χ0n) is 15.5. The van der Waals surface area contributed by atoms with Crippen molar-refractivity contribution < 1.29 is 12.8 Å². The Balaban J connectivity index is 1.55. The molecular weight excluding hydrogens is 365 g/mol. The first kappa shape index (κ1) is 19.8. The van der Waals surface area contributed by atoms with Crippen LogP contribution in [-0.4, -0.2) is 31.7 Å². The highest BCUT2D eigenvalue weighted by Crippen LogP contribution is 2.27. The molecule has 1 fully saturated rings. The summed E-state index contributed by atoms with van der Waals surface area (Å²) >= 11 is 0. The Bertz CT molecular complexity index is 865. The first-order valence-corrected chi connectivity index (χ1v) is 11.1. The lowest BCUT2D eigenvalue weighted by Crippen LogP contribution is -2.34. The van der Waals surface area contributed by atoms with Crippen molar-refractivity contribution in [1.29, 1.82) is 0 Å². The summed E-state index contributed by atoms with van der Waals surface area (Å²) in [5, 5.41) is 3.44. The lowest BCUT2D eigenvalue weighted by Gasteiger charge is -2.29. The van der Waals surface area contributed by atoms with Gasteiger partial charge in [0.05, 0.1) is 11.4 Å². The monoisotopic (exact) mass is 391 g/mol. The van der Waals surface area contributed by atoms with Crippen LogP contribution in [0, 0.1) is 11.7 Å². The molecule has 0 aliphatic heterocycles. The molecule has 3 rings (SSSR count). The normalized spacial score (nSPS) is 20.4. The molecule has 0 saturated heterocycles. The van der Waals surface area contributed by atoms with Crippen molar-refractivity contribution in [2.75, 3.05) is 17.6 Å². The Morgan fingerprint density at radius 2 is 1.81 bits per heavy atom. The minimum absolute atomic E-state index is 0.119. The molecule has 0 bridgehead atoms. The quantitative estimate of drug-likeness (QED) is 0.753. The number of nitrogens with one attached hydrogen (secondary N) is 2. The van der Waals surface area contributed by atoms with Gasteiger partial charge in [0.25, 0.3) is 0 Å². The Hall–Kier alpha value is -1.99. The van der Waals surface area contributed by atoms with E-state index in [2.05, 4.69) is 15.0 Å². The lowest BCUT2D eigenvalue weighted by molar-refractivity contribution is 0.337. The molecule has 0 amide bonds. The van der Waals surface area contributed by atoms with Crippen LogP contribution in [0.4, 0.5) is 10.2 Å². The molecule has 2 N–H and O–H groups in total. The fourth-order valence-corrected chi connectivity index (χ4v) is 4.09. The molecule has 27 heavy (non-hydrogen) atoms. The fraction of sp³-hybridized carbons (Fsp3) is 0.450. The van der Waals surface area contributed by atoms with Crippen LogP contribution in [0.3, 0.4) is 0 Å². The summed E-state index contributed by atoms with van der Waals surface area (Å²) in [6.45, 7) is 2.16. The van der Waals surface area contributed by atoms with Gasteiger partial charge in [0, 0.05) is 18.2 Å². The number of aromatic nitrogens is 1. The van der Waals surface area contributed by atoms with E-state index in [9.17, 15) is 12.8 Å². The first-order valence-electron chi connectivity index (χ1n) is 9.42. The highest BCUT2D eigenvalue weighted by Gasteiger charge is 2.22. The van der Waals surface area contributed by atoms with Crippen LogP contribution in [0.1, 0.15) is 32.6 Å². The summed E-state index contributed by atoms with van der Waals surface area (Å²) in [5.74, 6) is 0.957. The summed E-state index contributed by atoms with van der Waals surface area (Å²) in [5.41, 5.74) is 1.11. The molecule has 0 radical (unpaired) electrons. The molecule has 146 valence electrons. The van der Waals surface area contributed by atoms with Gasteiger partial charge in [-0.25, -0.2) is 22.5 Å². The van der Waals surface area contributed by atoms with E-state index < -0.39 is 10.0 Å². The van der Waals surface area contributed by atoms with E-state index in [0.717, 1.165) is 31.5 Å². The molecule has 1 aliphatic rings. The van der Waals surface area contributed by atoms with Crippen molar-refractivity contribution in [2.45, 2.75) is 38.6 Å². The van der Waals surface area contributed by atoms with Crippen LogP contribution in [0.25, 0.3) is 11.3 Å². The second-order valence-corrected chi connectivity index (χ2v) is 9.10.